The van der Waals surface area contributed by atoms with Gasteiger partial charge in [-0.15, -0.1) is 0 Å². The molecule has 3 N–H and O–H groups in total. The van der Waals surface area contributed by atoms with E-state index in [0.717, 1.165) is 17.3 Å². The predicted octanol–water partition coefficient (Wildman–Crippen LogP) is 4.96. The molecule has 0 radical (unpaired) electrons. The first-order valence-corrected chi connectivity index (χ1v) is 8.76. The Morgan fingerprint density at radius 1 is 1.10 bits per heavy atom. The van der Waals surface area contributed by atoms with E-state index in [1.54, 1.807) is 0 Å². The molecule has 0 heterocycles. The summed E-state index contributed by atoms with van der Waals surface area (Å²) in [5.74, 6) is 5.68. The molecule has 0 saturated carbocycles. The number of nitrogens with one attached hydrogen (secondary N) is 1. The fourth-order valence-electron chi connectivity index (χ4n) is 2.54. The van der Waals surface area contributed by atoms with Gasteiger partial charge in [0, 0.05) is 10.5 Å². The fraction of sp³-hybridized carbons (Fsp3) is 0.647. The van der Waals surface area contributed by atoms with E-state index < -0.39 is 0 Å². The fourth-order valence-corrected chi connectivity index (χ4v) is 2.99. The van der Waals surface area contributed by atoms with Gasteiger partial charge in [0.15, 0.2) is 0 Å². The molecular weight excluding hydrogens is 312 g/mol. The molecule has 0 spiro atoms. The van der Waals surface area contributed by atoms with Crippen LogP contribution in [0.15, 0.2) is 28.7 Å². The topological polar surface area (TPSA) is 38.0 Å². The summed E-state index contributed by atoms with van der Waals surface area (Å²) in [5.41, 5.74) is 4.30. The third-order valence-electron chi connectivity index (χ3n) is 3.76. The van der Waals surface area contributed by atoms with Crippen LogP contribution in [0.4, 0.5) is 0 Å². The molecule has 1 aromatic rings. The van der Waals surface area contributed by atoms with Crippen LogP contribution >= 0.6 is 15.9 Å². The first-order chi connectivity index (χ1) is 9.76. The first kappa shape index (κ1) is 17.7. The van der Waals surface area contributed by atoms with Crippen LogP contribution in [0.25, 0.3) is 0 Å². The van der Waals surface area contributed by atoms with Crippen molar-refractivity contribution in [1.29, 1.82) is 0 Å². The Bertz CT molecular complexity index is 355. The molecule has 0 aliphatic carbocycles. The van der Waals surface area contributed by atoms with Crippen LogP contribution in [-0.2, 0) is 6.42 Å². The van der Waals surface area contributed by atoms with Crippen LogP contribution in [0.1, 0.15) is 63.9 Å². The van der Waals surface area contributed by atoms with E-state index in [9.17, 15) is 0 Å². The van der Waals surface area contributed by atoms with Gasteiger partial charge >= 0.3 is 0 Å². The number of nitrogens with two attached hydrogens (primary N) is 1. The lowest BCUT2D eigenvalue weighted by molar-refractivity contribution is 0.458. The highest BCUT2D eigenvalue weighted by Gasteiger charge is 2.07. The maximum atomic E-state index is 5.68. The van der Waals surface area contributed by atoms with Crippen LogP contribution in [0, 0.1) is 0 Å². The molecule has 0 aliphatic heterocycles. The standard InChI is InChI=1S/C17H29BrN2/c1-2-3-4-5-6-7-8-12-17(20-19)14-15-10-9-11-16(18)13-15/h9-11,13,17,20H,2-8,12,14,19H2,1H3. The summed E-state index contributed by atoms with van der Waals surface area (Å²) < 4.78 is 1.14. The van der Waals surface area contributed by atoms with Crippen LogP contribution in [0.3, 0.4) is 0 Å². The van der Waals surface area contributed by atoms with Gasteiger partial charge in [0.25, 0.3) is 0 Å². The summed E-state index contributed by atoms with van der Waals surface area (Å²) in [5, 5.41) is 0. The summed E-state index contributed by atoms with van der Waals surface area (Å²) in [7, 11) is 0. The molecule has 1 rings (SSSR count). The number of hydrogen-bond acceptors (Lipinski definition) is 2. The van der Waals surface area contributed by atoms with E-state index in [2.05, 4.69) is 52.5 Å². The molecule has 1 aromatic carbocycles. The monoisotopic (exact) mass is 340 g/mol. The predicted molar refractivity (Wildman–Crippen MR) is 91.6 cm³/mol. The number of hydrazine groups is 1. The Hall–Kier alpha value is -0.380. The molecule has 0 aromatic heterocycles. The zero-order valence-corrected chi connectivity index (χ0v) is 14.3. The van der Waals surface area contributed by atoms with Crippen molar-refractivity contribution in [2.45, 2.75) is 70.8 Å². The van der Waals surface area contributed by atoms with Gasteiger partial charge in [0.2, 0.25) is 0 Å². The molecule has 2 nitrogen and oxygen atoms in total. The van der Waals surface area contributed by atoms with Gasteiger partial charge in [-0.2, -0.15) is 0 Å². The minimum atomic E-state index is 0.389. The maximum absolute atomic E-state index is 5.68. The third-order valence-corrected chi connectivity index (χ3v) is 4.26. The molecule has 1 atom stereocenters. The van der Waals surface area contributed by atoms with Crippen LogP contribution < -0.4 is 11.3 Å². The van der Waals surface area contributed by atoms with Gasteiger partial charge in [-0.25, -0.2) is 0 Å². The maximum Gasteiger partial charge on any atom is 0.0250 e. The number of rotatable bonds is 11. The van der Waals surface area contributed by atoms with Crippen molar-refractivity contribution < 1.29 is 0 Å². The molecule has 0 bridgehead atoms. The van der Waals surface area contributed by atoms with Crippen LogP contribution in [-0.4, -0.2) is 6.04 Å². The molecule has 114 valence electrons. The van der Waals surface area contributed by atoms with Gasteiger partial charge in [-0.05, 0) is 30.5 Å². The Morgan fingerprint density at radius 3 is 2.45 bits per heavy atom. The van der Waals surface area contributed by atoms with E-state index >= 15 is 0 Å². The molecule has 20 heavy (non-hydrogen) atoms. The van der Waals surface area contributed by atoms with Gasteiger partial charge < -0.3 is 0 Å². The normalized spacial score (nSPS) is 12.6. The van der Waals surface area contributed by atoms with Crippen molar-refractivity contribution in [3.05, 3.63) is 34.3 Å². The van der Waals surface area contributed by atoms with Gasteiger partial charge in [-0.1, -0.05) is 79.9 Å². The quantitative estimate of drug-likeness (QED) is 0.339. The van der Waals surface area contributed by atoms with E-state index in [1.165, 1.54) is 50.5 Å². The summed E-state index contributed by atoms with van der Waals surface area (Å²) in [6.45, 7) is 2.26. The molecule has 0 amide bonds. The lowest BCUT2D eigenvalue weighted by Crippen LogP contribution is -2.36. The minimum Gasteiger partial charge on any atom is -0.271 e. The van der Waals surface area contributed by atoms with Crippen molar-refractivity contribution in [3.63, 3.8) is 0 Å². The summed E-state index contributed by atoms with van der Waals surface area (Å²) >= 11 is 3.52. The minimum absolute atomic E-state index is 0.389. The SMILES string of the molecule is CCCCCCCCCC(Cc1cccc(Br)c1)NN. The van der Waals surface area contributed by atoms with Gasteiger partial charge in [-0.3, -0.25) is 11.3 Å². The Morgan fingerprint density at radius 2 is 1.80 bits per heavy atom. The highest BCUT2D eigenvalue weighted by molar-refractivity contribution is 9.10. The summed E-state index contributed by atoms with van der Waals surface area (Å²) in [6.07, 6.45) is 11.6. The molecule has 0 fully saturated rings. The zero-order chi connectivity index (χ0) is 14.6. The smallest absolute Gasteiger partial charge is 0.0250 e. The molecule has 1 unspecified atom stereocenters. The van der Waals surface area contributed by atoms with Crippen molar-refractivity contribution in [1.82, 2.24) is 5.43 Å². The molecule has 0 aliphatic rings. The average Bonchev–Trinajstić information content (AvgIpc) is 2.45. The molecule has 3 heteroatoms. The van der Waals surface area contributed by atoms with Crippen LogP contribution in [0.2, 0.25) is 0 Å². The molecular formula is C17H29BrN2. The van der Waals surface area contributed by atoms with E-state index in [-0.39, 0.29) is 0 Å². The lowest BCUT2D eigenvalue weighted by Gasteiger charge is -2.16. The number of halogens is 1. The van der Waals surface area contributed by atoms with E-state index in [1.807, 2.05) is 0 Å². The Balaban J connectivity index is 2.16. The summed E-state index contributed by atoms with van der Waals surface area (Å²) in [4.78, 5) is 0. The van der Waals surface area contributed by atoms with Gasteiger partial charge in [0.1, 0.15) is 0 Å². The number of benzene rings is 1. The second-order valence-corrected chi connectivity index (χ2v) is 6.52. The molecule has 0 saturated heterocycles. The number of hydrogen-bond donors (Lipinski definition) is 2. The summed E-state index contributed by atoms with van der Waals surface area (Å²) in [6, 6.07) is 8.88. The van der Waals surface area contributed by atoms with Crippen molar-refractivity contribution >= 4 is 15.9 Å². The Labute approximate surface area is 132 Å². The third kappa shape index (κ3) is 8.03. The van der Waals surface area contributed by atoms with Gasteiger partial charge in [0.05, 0.1) is 0 Å². The van der Waals surface area contributed by atoms with Crippen molar-refractivity contribution in [3.8, 4) is 0 Å². The first-order valence-electron chi connectivity index (χ1n) is 7.96. The van der Waals surface area contributed by atoms with Crippen molar-refractivity contribution in [2.24, 2.45) is 5.84 Å². The van der Waals surface area contributed by atoms with E-state index in [0.29, 0.717) is 6.04 Å². The lowest BCUT2D eigenvalue weighted by atomic mass is 10.00. The zero-order valence-electron chi connectivity index (χ0n) is 12.7. The average molecular weight is 341 g/mol. The van der Waals surface area contributed by atoms with E-state index in [4.69, 9.17) is 5.84 Å². The van der Waals surface area contributed by atoms with Crippen molar-refractivity contribution in [2.75, 3.05) is 0 Å². The second kappa shape index (κ2) is 11.3. The highest BCUT2D eigenvalue weighted by atomic mass is 79.9. The Kier molecular flexibility index (Phi) is 9.98. The van der Waals surface area contributed by atoms with Crippen LogP contribution in [0.5, 0.6) is 0 Å². The second-order valence-electron chi connectivity index (χ2n) is 5.61. The number of unbranched alkanes of at least 4 members (excludes halogenated alkanes) is 6. The largest absolute Gasteiger partial charge is 0.271 e. The highest BCUT2D eigenvalue weighted by Crippen LogP contribution is 2.15.